The van der Waals surface area contributed by atoms with Crippen LogP contribution in [0.2, 0.25) is 0 Å². The monoisotopic (exact) mass is 270 g/mol. The molecule has 2 rings (SSSR count). The van der Waals surface area contributed by atoms with Crippen LogP contribution in [0.15, 0.2) is 48.2 Å². The number of hydrogen-bond acceptors (Lipinski definition) is 4. The molecule has 0 fully saturated rings. The van der Waals surface area contributed by atoms with E-state index in [0.29, 0.717) is 0 Å². The summed E-state index contributed by atoms with van der Waals surface area (Å²) in [4.78, 5) is 22.6. The molecular weight excluding hydrogens is 256 g/mol. The molecule has 0 amide bonds. The molecule has 0 spiro atoms. The summed E-state index contributed by atoms with van der Waals surface area (Å²) < 4.78 is 9.46. The maximum atomic E-state index is 11.5. The minimum absolute atomic E-state index is 0.129. The molecule has 0 aliphatic heterocycles. The first-order valence-electron chi connectivity index (χ1n) is 6.07. The topological polar surface area (TPSA) is 52.6 Å². The zero-order chi connectivity index (χ0) is 14.5. The van der Waals surface area contributed by atoms with Crippen molar-refractivity contribution in [2.75, 3.05) is 7.11 Å². The maximum Gasteiger partial charge on any atom is 0.374 e. The summed E-state index contributed by atoms with van der Waals surface area (Å²) >= 11 is 0. The molecule has 0 heterocycles. The van der Waals surface area contributed by atoms with Crippen molar-refractivity contribution in [2.45, 2.75) is 6.92 Å². The van der Waals surface area contributed by atoms with Crippen LogP contribution in [-0.4, -0.2) is 19.0 Å². The van der Waals surface area contributed by atoms with Crippen molar-refractivity contribution < 1.29 is 19.1 Å². The van der Waals surface area contributed by atoms with Crippen molar-refractivity contribution in [1.82, 2.24) is 0 Å². The van der Waals surface area contributed by atoms with Gasteiger partial charge < -0.3 is 9.47 Å². The molecule has 0 atom stereocenters. The lowest BCUT2D eigenvalue weighted by Gasteiger charge is -2.05. The Morgan fingerprint density at radius 2 is 1.75 bits per heavy atom. The highest BCUT2D eigenvalue weighted by atomic mass is 16.6. The van der Waals surface area contributed by atoms with Gasteiger partial charge in [0.2, 0.25) is 5.76 Å². The quantitative estimate of drug-likeness (QED) is 0.489. The van der Waals surface area contributed by atoms with Crippen LogP contribution in [0.5, 0.6) is 0 Å². The number of benzene rings is 2. The average Bonchev–Trinajstić information content (AvgIpc) is 2.45. The molecule has 2 aromatic carbocycles. The normalized spacial score (nSPS) is 11.2. The standard InChI is InChI=1S/C16H14O4/c1-11(17)20-15(16(18)19-2)10-12-7-8-13-5-3-4-6-14(13)9-12/h3-10H,1-2H3. The number of methoxy groups -OCH3 is 1. The fraction of sp³-hybridized carbons (Fsp3) is 0.125. The zero-order valence-corrected chi connectivity index (χ0v) is 11.3. The number of carbonyl (C=O) groups excluding carboxylic acids is 2. The Balaban J connectivity index is 2.41. The number of ether oxygens (including phenoxy) is 2. The molecule has 0 aliphatic rings. The third-order valence-electron chi connectivity index (χ3n) is 2.71. The molecular formula is C16H14O4. The second-order valence-corrected chi connectivity index (χ2v) is 4.20. The van der Waals surface area contributed by atoms with Gasteiger partial charge in [-0.15, -0.1) is 0 Å². The Bertz CT molecular complexity index is 686. The maximum absolute atomic E-state index is 11.5. The smallest absolute Gasteiger partial charge is 0.374 e. The summed E-state index contributed by atoms with van der Waals surface area (Å²) in [5, 5.41) is 2.13. The van der Waals surface area contributed by atoms with E-state index in [-0.39, 0.29) is 5.76 Å². The average molecular weight is 270 g/mol. The van der Waals surface area contributed by atoms with E-state index in [1.54, 1.807) is 0 Å². The highest BCUT2D eigenvalue weighted by molar-refractivity contribution is 5.95. The Morgan fingerprint density at radius 3 is 2.40 bits per heavy atom. The lowest BCUT2D eigenvalue weighted by molar-refractivity contribution is -0.148. The number of hydrogen-bond donors (Lipinski definition) is 0. The first kappa shape index (κ1) is 13.8. The van der Waals surface area contributed by atoms with Gasteiger partial charge in [0.1, 0.15) is 0 Å². The molecule has 0 unspecified atom stereocenters. The molecule has 4 heteroatoms. The van der Waals surface area contributed by atoms with Gasteiger partial charge in [0.05, 0.1) is 7.11 Å². The lowest BCUT2D eigenvalue weighted by Crippen LogP contribution is -2.10. The van der Waals surface area contributed by atoms with Crippen LogP contribution < -0.4 is 0 Å². The van der Waals surface area contributed by atoms with E-state index in [1.165, 1.54) is 20.1 Å². The van der Waals surface area contributed by atoms with Crippen LogP contribution in [0.4, 0.5) is 0 Å². The second-order valence-electron chi connectivity index (χ2n) is 4.20. The predicted octanol–water partition coefficient (Wildman–Crippen LogP) is 2.92. The Morgan fingerprint density at radius 1 is 1.05 bits per heavy atom. The fourth-order valence-corrected chi connectivity index (χ4v) is 1.83. The molecule has 102 valence electrons. The summed E-state index contributed by atoms with van der Waals surface area (Å²) in [5.41, 5.74) is 0.755. The number of fused-ring (bicyclic) bond motifs is 1. The van der Waals surface area contributed by atoms with Crippen molar-refractivity contribution in [3.05, 3.63) is 53.8 Å². The van der Waals surface area contributed by atoms with Crippen molar-refractivity contribution in [1.29, 1.82) is 0 Å². The van der Waals surface area contributed by atoms with Gasteiger partial charge in [-0.1, -0.05) is 36.4 Å². The van der Waals surface area contributed by atoms with Crippen LogP contribution in [0.3, 0.4) is 0 Å². The molecule has 0 saturated heterocycles. The third kappa shape index (κ3) is 3.23. The minimum Gasteiger partial charge on any atom is -0.463 e. The summed E-state index contributed by atoms with van der Waals surface area (Å²) in [6.07, 6.45) is 1.49. The van der Waals surface area contributed by atoms with Gasteiger partial charge in [0, 0.05) is 6.92 Å². The second kappa shape index (κ2) is 6.02. The number of rotatable bonds is 3. The van der Waals surface area contributed by atoms with Gasteiger partial charge in [-0.2, -0.15) is 0 Å². The van der Waals surface area contributed by atoms with Gasteiger partial charge >= 0.3 is 11.9 Å². The van der Waals surface area contributed by atoms with E-state index >= 15 is 0 Å². The summed E-state index contributed by atoms with van der Waals surface area (Å²) in [7, 11) is 1.24. The predicted molar refractivity (Wildman–Crippen MR) is 75.7 cm³/mol. The highest BCUT2D eigenvalue weighted by Crippen LogP contribution is 2.18. The van der Waals surface area contributed by atoms with Gasteiger partial charge in [-0.3, -0.25) is 4.79 Å². The summed E-state index contributed by atoms with van der Waals surface area (Å²) in [6.45, 7) is 1.23. The SMILES string of the molecule is COC(=O)C(=Cc1ccc2ccccc2c1)OC(C)=O. The number of carbonyl (C=O) groups is 2. The van der Waals surface area contributed by atoms with E-state index in [2.05, 4.69) is 4.74 Å². The molecule has 0 bridgehead atoms. The van der Waals surface area contributed by atoms with Crippen LogP contribution in [0.25, 0.3) is 16.8 Å². The van der Waals surface area contributed by atoms with Gasteiger partial charge in [0.15, 0.2) is 0 Å². The van der Waals surface area contributed by atoms with E-state index in [0.717, 1.165) is 16.3 Å². The first-order chi connectivity index (χ1) is 9.60. The molecule has 20 heavy (non-hydrogen) atoms. The van der Waals surface area contributed by atoms with E-state index in [9.17, 15) is 9.59 Å². The Kier molecular flexibility index (Phi) is 4.15. The fourth-order valence-electron chi connectivity index (χ4n) is 1.83. The number of esters is 2. The van der Waals surface area contributed by atoms with Crippen molar-refractivity contribution in [2.24, 2.45) is 0 Å². The molecule has 0 aromatic heterocycles. The summed E-state index contributed by atoms with van der Waals surface area (Å²) in [5.74, 6) is -1.38. The van der Waals surface area contributed by atoms with E-state index < -0.39 is 11.9 Å². The third-order valence-corrected chi connectivity index (χ3v) is 2.71. The molecule has 0 radical (unpaired) electrons. The zero-order valence-electron chi connectivity index (χ0n) is 11.3. The lowest BCUT2D eigenvalue weighted by atomic mass is 10.1. The van der Waals surface area contributed by atoms with E-state index in [4.69, 9.17) is 4.74 Å². The van der Waals surface area contributed by atoms with Crippen molar-refractivity contribution >= 4 is 28.8 Å². The van der Waals surface area contributed by atoms with Crippen LogP contribution in [0, 0.1) is 0 Å². The minimum atomic E-state index is -0.687. The summed E-state index contributed by atoms with van der Waals surface area (Å²) in [6, 6.07) is 13.5. The Hall–Kier alpha value is -2.62. The van der Waals surface area contributed by atoms with Crippen molar-refractivity contribution in [3.8, 4) is 0 Å². The molecule has 0 saturated carbocycles. The first-order valence-corrected chi connectivity index (χ1v) is 6.07. The van der Waals surface area contributed by atoms with E-state index in [1.807, 2.05) is 42.5 Å². The largest absolute Gasteiger partial charge is 0.463 e. The van der Waals surface area contributed by atoms with Gasteiger partial charge in [-0.05, 0) is 28.5 Å². The van der Waals surface area contributed by atoms with Crippen LogP contribution >= 0.6 is 0 Å². The van der Waals surface area contributed by atoms with Crippen LogP contribution in [-0.2, 0) is 19.1 Å². The molecule has 0 N–H and O–H groups in total. The molecule has 0 aliphatic carbocycles. The van der Waals surface area contributed by atoms with Gasteiger partial charge in [0.25, 0.3) is 0 Å². The highest BCUT2D eigenvalue weighted by Gasteiger charge is 2.13. The molecule has 4 nitrogen and oxygen atoms in total. The van der Waals surface area contributed by atoms with Crippen molar-refractivity contribution in [3.63, 3.8) is 0 Å². The Labute approximate surface area is 116 Å². The van der Waals surface area contributed by atoms with Crippen LogP contribution in [0.1, 0.15) is 12.5 Å². The van der Waals surface area contributed by atoms with Gasteiger partial charge in [-0.25, -0.2) is 4.79 Å². The molecule has 2 aromatic rings.